The van der Waals surface area contributed by atoms with Gasteiger partial charge in [-0.25, -0.2) is 4.98 Å². The van der Waals surface area contributed by atoms with Crippen molar-refractivity contribution in [2.24, 2.45) is 0 Å². The summed E-state index contributed by atoms with van der Waals surface area (Å²) in [5.41, 5.74) is 0.0631. The highest BCUT2D eigenvalue weighted by Crippen LogP contribution is 2.30. The van der Waals surface area contributed by atoms with Gasteiger partial charge in [-0.05, 0) is 31.9 Å². The number of carbonyl (C=O) groups is 1. The Morgan fingerprint density at radius 2 is 2.17 bits per heavy atom. The molecule has 0 bridgehead atoms. The number of Topliss-reactive ketones (excluding diaryl/α,β-unsaturated/α-hetero) is 1. The van der Waals surface area contributed by atoms with Crippen molar-refractivity contribution in [3.05, 3.63) is 23.9 Å². The molecule has 1 aliphatic carbocycles. The van der Waals surface area contributed by atoms with Crippen molar-refractivity contribution in [1.82, 2.24) is 4.98 Å². The zero-order valence-electron chi connectivity index (χ0n) is 11.0. The Bertz CT molecular complexity index is 439. The average Bonchev–Trinajstić information content (AvgIpc) is 2.76. The van der Waals surface area contributed by atoms with E-state index >= 15 is 0 Å². The van der Waals surface area contributed by atoms with Crippen LogP contribution in [0.2, 0.25) is 0 Å². The number of aliphatic hydroxyl groups is 1. The van der Waals surface area contributed by atoms with E-state index in [1.54, 1.807) is 25.3 Å². The van der Waals surface area contributed by atoms with Gasteiger partial charge in [-0.2, -0.15) is 0 Å². The van der Waals surface area contributed by atoms with Gasteiger partial charge in [-0.1, -0.05) is 12.8 Å². The number of hydrogen-bond acceptors (Lipinski definition) is 4. The molecule has 0 saturated heterocycles. The lowest BCUT2D eigenvalue weighted by atomic mass is 10.0. The van der Waals surface area contributed by atoms with Crippen LogP contribution in [0.15, 0.2) is 18.3 Å². The van der Waals surface area contributed by atoms with Crippen molar-refractivity contribution in [2.75, 3.05) is 18.5 Å². The van der Waals surface area contributed by atoms with E-state index < -0.39 is 5.60 Å². The summed E-state index contributed by atoms with van der Waals surface area (Å²) in [6.45, 7) is 2.12. The number of rotatable bonds is 4. The first-order valence-corrected chi connectivity index (χ1v) is 6.41. The van der Waals surface area contributed by atoms with Gasteiger partial charge in [-0.3, -0.25) is 4.79 Å². The van der Waals surface area contributed by atoms with Gasteiger partial charge < -0.3 is 10.0 Å². The number of anilines is 1. The summed E-state index contributed by atoms with van der Waals surface area (Å²) in [4.78, 5) is 17.5. The number of likely N-dealkylation sites (N-methyl/N-ethyl adjacent to an activating group) is 1. The molecule has 4 heteroatoms. The first-order chi connectivity index (χ1) is 8.50. The second-order valence-corrected chi connectivity index (χ2v) is 5.25. The summed E-state index contributed by atoms with van der Waals surface area (Å²) in [5, 5.41) is 10.4. The summed E-state index contributed by atoms with van der Waals surface area (Å²) in [6, 6.07) is 3.49. The van der Waals surface area contributed by atoms with Gasteiger partial charge in [0.05, 0.1) is 5.60 Å². The Labute approximate surface area is 108 Å². The highest BCUT2D eigenvalue weighted by atomic mass is 16.3. The van der Waals surface area contributed by atoms with Crippen molar-refractivity contribution in [1.29, 1.82) is 0 Å². The third-order valence-corrected chi connectivity index (χ3v) is 3.61. The molecule has 1 saturated carbocycles. The van der Waals surface area contributed by atoms with Gasteiger partial charge in [0.25, 0.3) is 0 Å². The zero-order chi connectivity index (χ0) is 13.2. The highest BCUT2D eigenvalue weighted by molar-refractivity contribution is 5.94. The maximum absolute atomic E-state index is 11.3. The Morgan fingerprint density at radius 1 is 1.50 bits per heavy atom. The Kier molecular flexibility index (Phi) is 3.66. The molecule has 98 valence electrons. The molecule has 0 aliphatic heterocycles. The fraction of sp³-hybridized carbons (Fsp3) is 0.571. The Morgan fingerprint density at radius 3 is 2.78 bits per heavy atom. The number of aromatic nitrogens is 1. The number of hydrogen-bond donors (Lipinski definition) is 1. The Balaban J connectivity index is 2.10. The van der Waals surface area contributed by atoms with Crippen LogP contribution >= 0.6 is 0 Å². The first-order valence-electron chi connectivity index (χ1n) is 6.41. The molecule has 0 spiro atoms. The van der Waals surface area contributed by atoms with Crippen LogP contribution < -0.4 is 4.90 Å². The zero-order valence-corrected chi connectivity index (χ0v) is 11.0. The lowest BCUT2D eigenvalue weighted by Gasteiger charge is -2.29. The van der Waals surface area contributed by atoms with E-state index in [1.165, 1.54) is 0 Å². The predicted octanol–water partition coefficient (Wildman–Crippen LogP) is 2.03. The van der Waals surface area contributed by atoms with Gasteiger partial charge in [0.1, 0.15) is 5.82 Å². The minimum absolute atomic E-state index is 0.0339. The van der Waals surface area contributed by atoms with Crippen molar-refractivity contribution < 1.29 is 9.90 Å². The molecule has 1 heterocycles. The lowest BCUT2D eigenvalue weighted by molar-refractivity contribution is 0.0558. The van der Waals surface area contributed by atoms with Crippen LogP contribution in [0.4, 0.5) is 5.82 Å². The second kappa shape index (κ2) is 5.06. The van der Waals surface area contributed by atoms with Gasteiger partial charge >= 0.3 is 0 Å². The topological polar surface area (TPSA) is 53.4 Å². The fourth-order valence-electron chi connectivity index (χ4n) is 2.56. The summed E-state index contributed by atoms with van der Waals surface area (Å²) in [6.07, 6.45) is 5.52. The predicted molar refractivity (Wildman–Crippen MR) is 70.9 cm³/mol. The van der Waals surface area contributed by atoms with Crippen LogP contribution in [0.1, 0.15) is 43.0 Å². The molecule has 2 rings (SSSR count). The molecular formula is C14H20N2O2. The van der Waals surface area contributed by atoms with Crippen LogP contribution in [0.25, 0.3) is 0 Å². The molecule has 0 aromatic carbocycles. The molecule has 0 radical (unpaired) electrons. The number of pyridine rings is 1. The Hall–Kier alpha value is -1.42. The molecular weight excluding hydrogens is 228 g/mol. The summed E-state index contributed by atoms with van der Waals surface area (Å²) in [7, 11) is 1.91. The standard InChI is InChI=1S/C14H20N2O2/c1-11(17)12-5-8-15-13(9-12)16(2)10-14(18)6-3-4-7-14/h5,8-9,18H,3-4,6-7,10H2,1-2H3. The molecule has 1 N–H and O–H groups in total. The third-order valence-electron chi connectivity index (χ3n) is 3.61. The van der Waals surface area contributed by atoms with Crippen LogP contribution in [0.3, 0.4) is 0 Å². The van der Waals surface area contributed by atoms with Crippen molar-refractivity contribution >= 4 is 11.6 Å². The van der Waals surface area contributed by atoms with Gasteiger partial charge in [0, 0.05) is 25.4 Å². The normalized spacial score (nSPS) is 17.7. The number of ketones is 1. The molecule has 1 aromatic rings. The third kappa shape index (κ3) is 2.88. The summed E-state index contributed by atoms with van der Waals surface area (Å²) < 4.78 is 0. The van der Waals surface area contributed by atoms with Crippen molar-refractivity contribution in [2.45, 2.75) is 38.2 Å². The van der Waals surface area contributed by atoms with Crippen LogP contribution in [-0.2, 0) is 0 Å². The maximum atomic E-state index is 11.3. The van der Waals surface area contributed by atoms with E-state index in [2.05, 4.69) is 4.98 Å². The SMILES string of the molecule is CC(=O)c1ccnc(N(C)CC2(O)CCCC2)c1. The summed E-state index contributed by atoms with van der Waals surface area (Å²) >= 11 is 0. The van der Waals surface area contributed by atoms with E-state index in [0.29, 0.717) is 12.1 Å². The second-order valence-electron chi connectivity index (χ2n) is 5.25. The van der Waals surface area contributed by atoms with Crippen LogP contribution in [0, 0.1) is 0 Å². The average molecular weight is 248 g/mol. The van der Waals surface area contributed by atoms with E-state index in [-0.39, 0.29) is 5.78 Å². The molecule has 0 unspecified atom stereocenters. The van der Waals surface area contributed by atoms with Crippen LogP contribution in [0.5, 0.6) is 0 Å². The number of carbonyl (C=O) groups excluding carboxylic acids is 1. The quantitative estimate of drug-likeness (QED) is 0.828. The van der Waals surface area contributed by atoms with Crippen LogP contribution in [-0.4, -0.2) is 35.1 Å². The fourth-order valence-corrected chi connectivity index (χ4v) is 2.56. The van der Waals surface area contributed by atoms with Gasteiger partial charge in [0.2, 0.25) is 0 Å². The minimum atomic E-state index is -0.595. The molecule has 0 amide bonds. The van der Waals surface area contributed by atoms with E-state index in [4.69, 9.17) is 0 Å². The molecule has 1 fully saturated rings. The largest absolute Gasteiger partial charge is 0.388 e. The molecule has 0 atom stereocenters. The summed E-state index contributed by atoms with van der Waals surface area (Å²) in [5.74, 6) is 0.773. The first kappa shape index (κ1) is 13.0. The van der Waals surface area contributed by atoms with Gasteiger partial charge in [0.15, 0.2) is 5.78 Å². The minimum Gasteiger partial charge on any atom is -0.388 e. The van der Waals surface area contributed by atoms with E-state index in [1.807, 2.05) is 11.9 Å². The molecule has 18 heavy (non-hydrogen) atoms. The monoisotopic (exact) mass is 248 g/mol. The van der Waals surface area contributed by atoms with Crippen molar-refractivity contribution in [3.8, 4) is 0 Å². The lowest BCUT2D eigenvalue weighted by Crippen LogP contribution is -2.39. The highest BCUT2D eigenvalue weighted by Gasteiger charge is 2.32. The van der Waals surface area contributed by atoms with Gasteiger partial charge in [-0.15, -0.1) is 0 Å². The molecule has 4 nitrogen and oxygen atoms in total. The maximum Gasteiger partial charge on any atom is 0.159 e. The van der Waals surface area contributed by atoms with E-state index in [9.17, 15) is 9.90 Å². The number of nitrogens with zero attached hydrogens (tertiary/aromatic N) is 2. The molecule has 1 aromatic heterocycles. The van der Waals surface area contributed by atoms with E-state index in [0.717, 1.165) is 31.5 Å². The smallest absolute Gasteiger partial charge is 0.159 e. The molecule has 1 aliphatic rings. The van der Waals surface area contributed by atoms with Crippen molar-refractivity contribution in [3.63, 3.8) is 0 Å².